The van der Waals surface area contributed by atoms with Gasteiger partial charge in [0, 0.05) is 52.2 Å². The molecule has 4 rings (SSSR count). The van der Waals surface area contributed by atoms with Crippen LogP contribution in [-0.4, -0.2) is 77.9 Å². The molecular formula is C22H36N4O3. The van der Waals surface area contributed by atoms with Crippen molar-refractivity contribution in [2.45, 2.75) is 65.3 Å². The van der Waals surface area contributed by atoms with E-state index in [0.29, 0.717) is 19.0 Å². The molecule has 0 aromatic rings. The minimum absolute atomic E-state index is 0.0176. The molecule has 4 amide bonds. The Bertz CT molecular complexity index is 680. The van der Waals surface area contributed by atoms with Crippen molar-refractivity contribution in [2.75, 3.05) is 39.3 Å². The zero-order chi connectivity index (χ0) is 20.8. The molecule has 0 radical (unpaired) electrons. The number of rotatable bonds is 2. The maximum absolute atomic E-state index is 13.7. The molecule has 3 saturated heterocycles. The fraction of sp³-hybridized carbons (Fsp3) is 0.864. The molecule has 7 nitrogen and oxygen atoms in total. The third-order valence-electron chi connectivity index (χ3n) is 8.07. The van der Waals surface area contributed by atoms with Gasteiger partial charge in [-0.05, 0) is 63.7 Å². The van der Waals surface area contributed by atoms with Crippen molar-refractivity contribution >= 4 is 17.8 Å². The lowest BCUT2D eigenvalue weighted by molar-refractivity contribution is -0.143. The lowest BCUT2D eigenvalue weighted by atomic mass is 9.65. The Morgan fingerprint density at radius 1 is 0.897 bits per heavy atom. The molecule has 29 heavy (non-hydrogen) atoms. The molecule has 0 aromatic heterocycles. The van der Waals surface area contributed by atoms with Gasteiger partial charge < -0.3 is 20.0 Å². The number of likely N-dealkylation sites (tertiary alicyclic amines) is 3. The summed E-state index contributed by atoms with van der Waals surface area (Å²) in [4.78, 5) is 44.2. The Morgan fingerprint density at radius 2 is 1.55 bits per heavy atom. The molecule has 162 valence electrons. The molecular weight excluding hydrogens is 368 g/mol. The predicted octanol–water partition coefficient (Wildman–Crippen LogP) is 2.07. The van der Waals surface area contributed by atoms with Crippen LogP contribution in [0.3, 0.4) is 0 Å². The maximum Gasteiger partial charge on any atom is 0.317 e. The van der Waals surface area contributed by atoms with Gasteiger partial charge in [-0.3, -0.25) is 9.59 Å². The lowest BCUT2D eigenvalue weighted by Gasteiger charge is -2.44. The van der Waals surface area contributed by atoms with Gasteiger partial charge in [0.15, 0.2) is 0 Å². The first-order valence-electron chi connectivity index (χ1n) is 11.4. The highest BCUT2D eigenvalue weighted by Gasteiger charge is 2.65. The monoisotopic (exact) mass is 404 g/mol. The normalized spacial score (nSPS) is 30.9. The molecule has 0 aromatic carbocycles. The van der Waals surface area contributed by atoms with Crippen LogP contribution in [0.1, 0.15) is 59.3 Å². The number of hydrogen-bond donors (Lipinski definition) is 1. The summed E-state index contributed by atoms with van der Waals surface area (Å²) in [7, 11) is 0. The van der Waals surface area contributed by atoms with Crippen molar-refractivity contribution in [1.82, 2.24) is 20.0 Å². The summed E-state index contributed by atoms with van der Waals surface area (Å²) in [6.07, 6.45) is 5.98. The highest BCUT2D eigenvalue weighted by molar-refractivity contribution is 5.86. The van der Waals surface area contributed by atoms with Crippen molar-refractivity contribution in [3.63, 3.8) is 0 Å². The predicted molar refractivity (Wildman–Crippen MR) is 110 cm³/mol. The molecule has 4 aliphatic rings. The Balaban J connectivity index is 1.53. The number of nitrogens with zero attached hydrogens (tertiary/aromatic N) is 3. The summed E-state index contributed by atoms with van der Waals surface area (Å²) in [6.45, 7) is 10.1. The number of fused-ring (bicyclic) bond motifs is 2. The van der Waals surface area contributed by atoms with Gasteiger partial charge in [0.05, 0.1) is 5.41 Å². The fourth-order valence-corrected chi connectivity index (χ4v) is 6.48. The second kappa shape index (κ2) is 7.47. The molecule has 3 heterocycles. The van der Waals surface area contributed by atoms with E-state index in [-0.39, 0.29) is 29.3 Å². The Morgan fingerprint density at radius 3 is 2.14 bits per heavy atom. The Labute approximate surface area is 174 Å². The largest absolute Gasteiger partial charge is 0.342 e. The minimum Gasteiger partial charge on any atom is -0.342 e. The standard InChI is InChI=1S/C22H36N4O3/c1-16(2)23-20(29)25-12-8-21(9-13-25)6-7-22(19(28)24-10-4-5-11-24)15-26(17(3)27)14-18(21)22/h16,18H,4-15H2,1-3H3,(H,23,29)/t18-,22+/m0/s1. The molecule has 1 N–H and O–H groups in total. The molecule has 2 atom stereocenters. The van der Waals surface area contributed by atoms with Crippen LogP contribution >= 0.6 is 0 Å². The van der Waals surface area contributed by atoms with Gasteiger partial charge in [-0.2, -0.15) is 0 Å². The molecule has 3 aliphatic heterocycles. The van der Waals surface area contributed by atoms with Crippen LogP contribution in [0.5, 0.6) is 0 Å². The van der Waals surface area contributed by atoms with Crippen LogP contribution in [-0.2, 0) is 9.59 Å². The molecule has 0 unspecified atom stereocenters. The van der Waals surface area contributed by atoms with Crippen LogP contribution in [0.15, 0.2) is 0 Å². The summed E-state index contributed by atoms with van der Waals surface area (Å²) >= 11 is 0. The van der Waals surface area contributed by atoms with Gasteiger partial charge in [0.25, 0.3) is 0 Å². The van der Waals surface area contributed by atoms with Gasteiger partial charge in [0.2, 0.25) is 11.8 Å². The number of urea groups is 1. The zero-order valence-corrected chi connectivity index (χ0v) is 18.2. The van der Waals surface area contributed by atoms with Gasteiger partial charge in [-0.1, -0.05) is 0 Å². The van der Waals surface area contributed by atoms with Crippen molar-refractivity contribution < 1.29 is 14.4 Å². The van der Waals surface area contributed by atoms with Crippen LogP contribution in [0.4, 0.5) is 4.79 Å². The summed E-state index contributed by atoms with van der Waals surface area (Å²) in [5, 5.41) is 3.00. The third kappa shape index (κ3) is 3.40. The van der Waals surface area contributed by atoms with Gasteiger partial charge >= 0.3 is 6.03 Å². The molecule has 0 bridgehead atoms. The number of carbonyl (C=O) groups excluding carboxylic acids is 3. The van der Waals surface area contributed by atoms with E-state index >= 15 is 0 Å². The third-order valence-corrected chi connectivity index (χ3v) is 8.07. The van der Waals surface area contributed by atoms with Crippen molar-refractivity contribution in [3.05, 3.63) is 0 Å². The summed E-state index contributed by atoms with van der Waals surface area (Å²) in [5.74, 6) is 0.597. The van der Waals surface area contributed by atoms with Crippen molar-refractivity contribution in [2.24, 2.45) is 16.7 Å². The average Bonchev–Trinajstić information content (AvgIpc) is 3.39. The quantitative estimate of drug-likeness (QED) is 0.766. The second-order valence-electron chi connectivity index (χ2n) is 10.1. The average molecular weight is 405 g/mol. The molecule has 7 heteroatoms. The van der Waals surface area contributed by atoms with E-state index in [1.165, 1.54) is 0 Å². The fourth-order valence-electron chi connectivity index (χ4n) is 6.48. The highest BCUT2D eigenvalue weighted by atomic mass is 16.2. The van der Waals surface area contributed by atoms with Gasteiger partial charge in [0.1, 0.15) is 0 Å². The van der Waals surface area contributed by atoms with Crippen molar-refractivity contribution in [1.29, 1.82) is 0 Å². The molecule has 1 saturated carbocycles. The minimum atomic E-state index is -0.404. The SMILES string of the molecule is CC(=O)N1C[C@H]2C3(CCN(C(=O)NC(C)C)CC3)CC[C@@]2(C(=O)N2CCCC2)C1. The van der Waals surface area contributed by atoms with E-state index < -0.39 is 5.41 Å². The van der Waals surface area contributed by atoms with Crippen LogP contribution in [0, 0.1) is 16.7 Å². The number of nitrogens with one attached hydrogen (secondary N) is 1. The number of hydrogen-bond acceptors (Lipinski definition) is 3. The lowest BCUT2D eigenvalue weighted by Crippen LogP contribution is -2.52. The molecule has 1 aliphatic carbocycles. The number of carbonyl (C=O) groups is 3. The Kier molecular flexibility index (Phi) is 5.28. The summed E-state index contributed by atoms with van der Waals surface area (Å²) in [5.41, 5.74) is -0.327. The van der Waals surface area contributed by atoms with Crippen molar-refractivity contribution in [3.8, 4) is 0 Å². The van der Waals surface area contributed by atoms with E-state index in [2.05, 4.69) is 10.2 Å². The van der Waals surface area contributed by atoms with Crippen LogP contribution in [0.2, 0.25) is 0 Å². The van der Waals surface area contributed by atoms with Gasteiger partial charge in [-0.15, -0.1) is 0 Å². The van der Waals surface area contributed by atoms with E-state index in [1.807, 2.05) is 23.6 Å². The smallest absolute Gasteiger partial charge is 0.317 e. The molecule has 1 spiro atoms. The van der Waals surface area contributed by atoms with Gasteiger partial charge in [-0.25, -0.2) is 4.79 Å². The van der Waals surface area contributed by atoms with Crippen LogP contribution < -0.4 is 5.32 Å². The second-order valence-corrected chi connectivity index (χ2v) is 10.1. The Hall–Kier alpha value is -1.79. The summed E-state index contributed by atoms with van der Waals surface area (Å²) in [6, 6.07) is 0.151. The first-order chi connectivity index (χ1) is 13.8. The van der Waals surface area contributed by atoms with E-state index in [1.54, 1.807) is 6.92 Å². The first kappa shape index (κ1) is 20.5. The highest BCUT2D eigenvalue weighted by Crippen LogP contribution is 2.62. The summed E-state index contributed by atoms with van der Waals surface area (Å²) < 4.78 is 0. The number of piperidine rings is 1. The van der Waals surface area contributed by atoms with E-state index in [4.69, 9.17) is 0 Å². The number of amides is 4. The molecule has 4 fully saturated rings. The van der Waals surface area contributed by atoms with Crippen LogP contribution in [0.25, 0.3) is 0 Å². The topological polar surface area (TPSA) is 73.0 Å². The maximum atomic E-state index is 13.7. The zero-order valence-electron chi connectivity index (χ0n) is 18.2. The van der Waals surface area contributed by atoms with E-state index in [9.17, 15) is 14.4 Å². The van der Waals surface area contributed by atoms with E-state index in [0.717, 1.165) is 64.7 Å². The first-order valence-corrected chi connectivity index (χ1v) is 11.4.